The first kappa shape index (κ1) is 44.1. The van der Waals surface area contributed by atoms with E-state index in [2.05, 4.69) is 39.5 Å². The zero-order valence-corrected chi connectivity index (χ0v) is 33.4. The van der Waals surface area contributed by atoms with Crippen LogP contribution in [0.3, 0.4) is 0 Å². The van der Waals surface area contributed by atoms with Gasteiger partial charge >= 0.3 is 5.97 Å². The summed E-state index contributed by atoms with van der Waals surface area (Å²) in [6, 6.07) is 0. The number of aliphatic hydroxyl groups excluding tert-OH is 1. The van der Waals surface area contributed by atoms with Gasteiger partial charge in [0.2, 0.25) is 0 Å². The van der Waals surface area contributed by atoms with Crippen LogP contribution < -0.4 is 0 Å². The van der Waals surface area contributed by atoms with E-state index >= 15 is 0 Å². The quantitative estimate of drug-likeness (QED) is 0.0764. The third-order valence-electron chi connectivity index (χ3n) is 13.3. The van der Waals surface area contributed by atoms with Crippen LogP contribution in [0.4, 0.5) is 0 Å². The van der Waals surface area contributed by atoms with Gasteiger partial charge in [0.05, 0.1) is 25.7 Å². The maximum absolute atomic E-state index is 12.1. The maximum Gasteiger partial charge on any atom is 0.309 e. The lowest BCUT2D eigenvalue weighted by Crippen LogP contribution is -2.52. The van der Waals surface area contributed by atoms with Gasteiger partial charge in [0.25, 0.3) is 0 Å². The van der Waals surface area contributed by atoms with E-state index < -0.39 is 0 Å². The van der Waals surface area contributed by atoms with Gasteiger partial charge in [-0.2, -0.15) is 0 Å². The van der Waals surface area contributed by atoms with E-state index in [0.29, 0.717) is 30.1 Å². The molecule has 3 unspecified atom stereocenters. The number of hydrogen-bond donors (Lipinski definition) is 1. The Morgan fingerprint density at radius 1 is 0.885 bits per heavy atom. The molecule has 294 valence electrons. The SMILES string of the molecule is C=C(COC(=O)CC=CCO)[C@H]1CCC2C3C[C@H]4OC[C@@]5(CCC(=O)C=C45)C3CC[C@@]21C.C=O.CCCCCCCC/C=C\CCCCCCCC. The summed E-state index contributed by atoms with van der Waals surface area (Å²) in [5.74, 6) is 2.31. The van der Waals surface area contributed by atoms with Gasteiger partial charge in [-0.15, -0.1) is 0 Å². The number of hydrogen-bond acceptors (Lipinski definition) is 6. The van der Waals surface area contributed by atoms with Crippen molar-refractivity contribution in [2.45, 2.75) is 168 Å². The van der Waals surface area contributed by atoms with Crippen molar-refractivity contribution in [1.29, 1.82) is 0 Å². The second kappa shape index (κ2) is 23.5. The predicted octanol–water partition coefficient (Wildman–Crippen LogP) is 11.0. The maximum atomic E-state index is 12.1. The molecule has 5 aliphatic rings. The summed E-state index contributed by atoms with van der Waals surface area (Å²) in [6.45, 7) is 14.4. The lowest BCUT2D eigenvalue weighted by atomic mass is 9.46. The van der Waals surface area contributed by atoms with Gasteiger partial charge in [0.1, 0.15) is 13.4 Å². The molecule has 6 nitrogen and oxygen atoms in total. The van der Waals surface area contributed by atoms with Crippen LogP contribution in [-0.2, 0) is 23.9 Å². The van der Waals surface area contributed by atoms with E-state index in [1.807, 2.05) is 12.9 Å². The van der Waals surface area contributed by atoms with E-state index in [4.69, 9.17) is 19.4 Å². The fourth-order valence-corrected chi connectivity index (χ4v) is 10.6. The molecule has 3 saturated carbocycles. The van der Waals surface area contributed by atoms with Gasteiger partial charge in [-0.05, 0) is 111 Å². The van der Waals surface area contributed by atoms with Crippen molar-refractivity contribution in [3.8, 4) is 0 Å². The molecule has 0 radical (unpaired) electrons. The van der Waals surface area contributed by atoms with Crippen LogP contribution in [0.5, 0.6) is 0 Å². The Kier molecular flexibility index (Phi) is 19.9. The van der Waals surface area contributed by atoms with Gasteiger partial charge in [-0.1, -0.05) is 116 Å². The number of fused-ring (bicyclic) bond motifs is 3. The first-order valence-electron chi connectivity index (χ1n) is 21.2. The minimum absolute atomic E-state index is 0.0647. The minimum Gasteiger partial charge on any atom is -0.461 e. The Morgan fingerprint density at radius 3 is 2.15 bits per heavy atom. The summed E-state index contributed by atoms with van der Waals surface area (Å²) < 4.78 is 11.8. The second-order valence-corrected chi connectivity index (χ2v) is 16.6. The predicted molar refractivity (Wildman–Crippen MR) is 213 cm³/mol. The van der Waals surface area contributed by atoms with Gasteiger partial charge in [0, 0.05) is 11.8 Å². The van der Waals surface area contributed by atoms with Crippen molar-refractivity contribution in [3.63, 3.8) is 0 Å². The molecule has 0 aromatic carbocycles. The number of allylic oxidation sites excluding steroid dienone is 2. The summed E-state index contributed by atoms with van der Waals surface area (Å²) in [5, 5.41) is 8.79. The lowest BCUT2D eigenvalue weighted by molar-refractivity contribution is -0.142. The molecule has 4 fully saturated rings. The minimum atomic E-state index is -0.273. The van der Waals surface area contributed by atoms with E-state index in [-0.39, 0.29) is 48.3 Å². The Bertz CT molecular complexity index is 1170. The number of carbonyl (C=O) groups excluding carboxylic acids is 3. The molecular weight excluding hydrogens is 649 g/mol. The number of carbonyl (C=O) groups is 3. The molecule has 7 atom stereocenters. The Balaban J connectivity index is 0.000000313. The Hall–Kier alpha value is -2.31. The lowest BCUT2D eigenvalue weighted by Gasteiger charge is -2.57. The van der Waals surface area contributed by atoms with Crippen molar-refractivity contribution >= 4 is 18.5 Å². The molecular formula is C46H74O6. The molecule has 1 heterocycles. The van der Waals surface area contributed by atoms with Crippen molar-refractivity contribution in [2.75, 3.05) is 19.8 Å². The van der Waals surface area contributed by atoms with Crippen LogP contribution in [-0.4, -0.2) is 49.6 Å². The van der Waals surface area contributed by atoms with Crippen LogP contribution in [0.15, 0.2) is 48.1 Å². The molecule has 52 heavy (non-hydrogen) atoms. The summed E-state index contributed by atoms with van der Waals surface area (Å²) in [6.07, 6.45) is 37.3. The van der Waals surface area contributed by atoms with Crippen LogP contribution in [0.25, 0.3) is 0 Å². The first-order valence-corrected chi connectivity index (χ1v) is 21.2. The van der Waals surface area contributed by atoms with Crippen molar-refractivity contribution in [3.05, 3.63) is 48.1 Å². The van der Waals surface area contributed by atoms with Gasteiger partial charge in [0.15, 0.2) is 5.78 Å². The molecule has 2 bridgehead atoms. The number of unbranched alkanes of at least 4 members (excludes halogenated alkanes) is 12. The van der Waals surface area contributed by atoms with Gasteiger partial charge in [-0.25, -0.2) is 0 Å². The fraction of sp³-hybridized carbons (Fsp3) is 0.761. The van der Waals surface area contributed by atoms with Crippen molar-refractivity contribution in [1.82, 2.24) is 0 Å². The summed E-state index contributed by atoms with van der Waals surface area (Å²) in [7, 11) is 0. The highest BCUT2D eigenvalue weighted by Gasteiger charge is 2.64. The number of ketones is 1. The highest BCUT2D eigenvalue weighted by molar-refractivity contribution is 5.92. The summed E-state index contributed by atoms with van der Waals surface area (Å²) >= 11 is 0. The summed E-state index contributed by atoms with van der Waals surface area (Å²) in [5.41, 5.74) is 2.67. The average molecular weight is 723 g/mol. The largest absolute Gasteiger partial charge is 0.461 e. The van der Waals surface area contributed by atoms with Gasteiger partial charge < -0.3 is 19.4 Å². The summed E-state index contributed by atoms with van der Waals surface area (Å²) in [4.78, 5) is 32.1. The molecule has 0 amide bonds. The highest BCUT2D eigenvalue weighted by atomic mass is 16.5. The topological polar surface area (TPSA) is 89.9 Å². The van der Waals surface area contributed by atoms with Crippen LogP contribution in [0.2, 0.25) is 0 Å². The first-order chi connectivity index (χ1) is 25.3. The zero-order chi connectivity index (χ0) is 37.8. The molecule has 1 saturated heterocycles. The fourth-order valence-electron chi connectivity index (χ4n) is 10.6. The molecule has 0 aromatic heterocycles. The molecule has 4 aliphatic carbocycles. The van der Waals surface area contributed by atoms with Gasteiger partial charge in [-0.3, -0.25) is 9.59 Å². The van der Waals surface area contributed by atoms with Crippen molar-refractivity contribution < 1.29 is 29.0 Å². The number of aliphatic hydroxyl groups is 1. The van der Waals surface area contributed by atoms with E-state index in [1.165, 1.54) is 115 Å². The third kappa shape index (κ3) is 11.8. The van der Waals surface area contributed by atoms with Crippen LogP contribution >= 0.6 is 0 Å². The molecule has 1 N–H and O–H groups in total. The van der Waals surface area contributed by atoms with E-state index in [1.54, 1.807) is 12.2 Å². The Morgan fingerprint density at radius 2 is 1.52 bits per heavy atom. The molecule has 0 spiro atoms. The highest BCUT2D eigenvalue weighted by Crippen LogP contribution is 2.69. The van der Waals surface area contributed by atoms with E-state index in [9.17, 15) is 9.59 Å². The monoisotopic (exact) mass is 723 g/mol. The number of rotatable bonds is 20. The standard InChI is InChI=1S/C27H36O5.C18H36.CH2O/c1-17(15-31-25(30)5-3-4-12-28)20-6-7-21-19-14-24-23-13-18(29)8-11-27(23,16-32-24)22(19)9-10-26(20,21)2;1-3-5-7-9-11-13-15-17-18-16-14-12-10-8-6-4-2;1-2/h3-4,13,19-22,24,28H,1,5-12,14-16H2,2H3;17-18H,3-16H2,1-2H3;1H2/b;18-17-;/t19?,20-,21?,22?,24-,26-,27+;;/m1../s1. The van der Waals surface area contributed by atoms with E-state index in [0.717, 1.165) is 31.4 Å². The molecule has 5 rings (SSSR count). The normalized spacial score (nSPS) is 30.0. The Labute approximate surface area is 317 Å². The van der Waals surface area contributed by atoms with Crippen LogP contribution in [0, 0.1) is 34.5 Å². The smallest absolute Gasteiger partial charge is 0.309 e. The second-order valence-electron chi connectivity index (χ2n) is 16.6. The zero-order valence-electron chi connectivity index (χ0n) is 33.4. The van der Waals surface area contributed by atoms with Crippen molar-refractivity contribution in [2.24, 2.45) is 34.5 Å². The number of ether oxygens (including phenoxy) is 2. The molecule has 6 heteroatoms. The average Bonchev–Trinajstić information content (AvgIpc) is 3.64. The molecule has 0 aromatic rings. The molecule has 1 aliphatic heterocycles. The number of esters is 1. The third-order valence-corrected chi connectivity index (χ3v) is 13.3. The van der Waals surface area contributed by atoms with Crippen LogP contribution in [0.1, 0.15) is 162 Å².